The Bertz CT molecular complexity index is 339. The molecule has 0 spiro atoms. The highest BCUT2D eigenvalue weighted by Crippen LogP contribution is 2.31. The van der Waals surface area contributed by atoms with E-state index in [0.717, 1.165) is 0 Å². The van der Waals surface area contributed by atoms with Crippen molar-refractivity contribution in [3.05, 3.63) is 29.8 Å². The highest BCUT2D eigenvalue weighted by Gasteiger charge is 2.20. The maximum atomic E-state index is 5.73. The topological polar surface area (TPSA) is 29.3 Å². The lowest BCUT2D eigenvalue weighted by Gasteiger charge is -2.32. The Balaban J connectivity index is 3.13. The number of likely N-dealkylation sites (N-methyl/N-ethyl adjacent to an activating group) is 1. The van der Waals surface area contributed by atoms with Gasteiger partial charge in [-0.25, -0.2) is 0 Å². The maximum absolute atomic E-state index is 5.73. The number of nitrogens with zero attached hydrogens (tertiary/aromatic N) is 1. The van der Waals surface area contributed by atoms with Gasteiger partial charge in [0.15, 0.2) is 0 Å². The zero-order valence-electron chi connectivity index (χ0n) is 11.1. The predicted molar refractivity (Wildman–Crippen MR) is 72.1 cm³/mol. The van der Waals surface area contributed by atoms with E-state index >= 15 is 0 Å². The molecule has 0 aliphatic rings. The van der Waals surface area contributed by atoms with Gasteiger partial charge >= 0.3 is 0 Å². The molecule has 1 atom stereocenters. The number of para-hydroxylation sites is 1. The van der Waals surface area contributed by atoms with Crippen LogP contribution >= 0.6 is 0 Å². The molecule has 0 bridgehead atoms. The first-order valence-electron chi connectivity index (χ1n) is 5.90. The van der Waals surface area contributed by atoms with Gasteiger partial charge in [0.05, 0.1) is 0 Å². The Morgan fingerprint density at radius 2 is 1.81 bits per heavy atom. The van der Waals surface area contributed by atoms with Crippen molar-refractivity contribution in [2.75, 3.05) is 18.5 Å². The van der Waals surface area contributed by atoms with E-state index < -0.39 is 0 Å². The normalized spacial score (nSPS) is 13.6. The van der Waals surface area contributed by atoms with Crippen LogP contribution in [0.3, 0.4) is 0 Å². The molecule has 0 aromatic heterocycles. The Morgan fingerprint density at radius 3 is 2.31 bits per heavy atom. The fraction of sp³-hybridized carbons (Fsp3) is 0.571. The van der Waals surface area contributed by atoms with Gasteiger partial charge in [0, 0.05) is 25.3 Å². The van der Waals surface area contributed by atoms with Crippen molar-refractivity contribution < 1.29 is 0 Å². The van der Waals surface area contributed by atoms with Gasteiger partial charge in [0.25, 0.3) is 0 Å². The smallest absolute Gasteiger partial charge is 0.0404 e. The third kappa shape index (κ3) is 2.76. The molecule has 90 valence electrons. The summed E-state index contributed by atoms with van der Waals surface area (Å²) in [5, 5.41) is 0. The largest absolute Gasteiger partial charge is 0.370 e. The second kappa shape index (κ2) is 4.88. The van der Waals surface area contributed by atoms with Gasteiger partial charge in [0.2, 0.25) is 0 Å². The van der Waals surface area contributed by atoms with Crippen LogP contribution in [0.25, 0.3) is 0 Å². The Morgan fingerprint density at radius 1 is 1.25 bits per heavy atom. The molecule has 0 radical (unpaired) electrons. The third-order valence-corrected chi connectivity index (χ3v) is 3.09. The van der Waals surface area contributed by atoms with Gasteiger partial charge in [-0.15, -0.1) is 0 Å². The monoisotopic (exact) mass is 220 g/mol. The third-order valence-electron chi connectivity index (χ3n) is 3.09. The van der Waals surface area contributed by atoms with Crippen molar-refractivity contribution in [1.82, 2.24) is 0 Å². The number of benzene rings is 1. The minimum absolute atomic E-state index is 0.166. The first-order valence-corrected chi connectivity index (χ1v) is 5.90. The van der Waals surface area contributed by atoms with Gasteiger partial charge in [-0.2, -0.15) is 0 Å². The van der Waals surface area contributed by atoms with Crippen LogP contribution in [0.2, 0.25) is 0 Å². The van der Waals surface area contributed by atoms with Crippen molar-refractivity contribution in [2.24, 2.45) is 5.73 Å². The molecule has 0 aliphatic heterocycles. The molecule has 16 heavy (non-hydrogen) atoms. The first kappa shape index (κ1) is 13.0. The van der Waals surface area contributed by atoms with Crippen molar-refractivity contribution >= 4 is 5.69 Å². The molecule has 0 aliphatic carbocycles. The second-order valence-corrected chi connectivity index (χ2v) is 5.46. The molecule has 0 saturated heterocycles. The summed E-state index contributed by atoms with van der Waals surface area (Å²) in [5.74, 6) is 0. The molecule has 0 amide bonds. The molecule has 2 heteroatoms. The molecule has 1 aromatic rings. The minimum atomic E-state index is 0.166. The van der Waals surface area contributed by atoms with Gasteiger partial charge in [-0.05, 0) is 24.0 Å². The number of hydrogen-bond donors (Lipinski definition) is 1. The van der Waals surface area contributed by atoms with Gasteiger partial charge in [-0.3, -0.25) is 0 Å². The Hall–Kier alpha value is -1.02. The van der Waals surface area contributed by atoms with Crippen LogP contribution in [0.1, 0.15) is 33.3 Å². The number of rotatable bonds is 3. The summed E-state index contributed by atoms with van der Waals surface area (Å²) in [6.45, 7) is 9.56. The average molecular weight is 220 g/mol. The van der Waals surface area contributed by atoms with E-state index in [1.54, 1.807) is 0 Å². The molecule has 0 heterocycles. The fourth-order valence-electron chi connectivity index (χ4n) is 1.81. The van der Waals surface area contributed by atoms with Crippen LogP contribution in [-0.2, 0) is 5.41 Å². The van der Waals surface area contributed by atoms with Crippen LogP contribution in [0.5, 0.6) is 0 Å². The van der Waals surface area contributed by atoms with E-state index in [0.29, 0.717) is 12.6 Å². The average Bonchev–Trinajstić information content (AvgIpc) is 2.26. The zero-order chi connectivity index (χ0) is 12.3. The summed E-state index contributed by atoms with van der Waals surface area (Å²) in [4.78, 5) is 2.26. The summed E-state index contributed by atoms with van der Waals surface area (Å²) in [5.41, 5.74) is 8.55. The zero-order valence-corrected chi connectivity index (χ0v) is 11.1. The summed E-state index contributed by atoms with van der Waals surface area (Å²) < 4.78 is 0. The highest BCUT2D eigenvalue weighted by atomic mass is 15.1. The molecule has 2 nitrogen and oxygen atoms in total. The highest BCUT2D eigenvalue weighted by molar-refractivity contribution is 5.56. The van der Waals surface area contributed by atoms with Crippen LogP contribution in [0.15, 0.2) is 24.3 Å². The van der Waals surface area contributed by atoms with E-state index in [2.05, 4.69) is 63.9 Å². The van der Waals surface area contributed by atoms with E-state index in [4.69, 9.17) is 5.73 Å². The summed E-state index contributed by atoms with van der Waals surface area (Å²) in [6.07, 6.45) is 0. The predicted octanol–water partition coefficient (Wildman–Crippen LogP) is 2.77. The van der Waals surface area contributed by atoms with E-state index in [1.807, 2.05) is 0 Å². The Kier molecular flexibility index (Phi) is 3.98. The molecule has 1 rings (SSSR count). The van der Waals surface area contributed by atoms with Crippen LogP contribution in [-0.4, -0.2) is 19.6 Å². The lowest BCUT2D eigenvalue weighted by atomic mass is 9.85. The summed E-state index contributed by atoms with van der Waals surface area (Å²) in [6, 6.07) is 8.93. The lowest BCUT2D eigenvalue weighted by Crippen LogP contribution is -2.36. The van der Waals surface area contributed by atoms with Crippen LogP contribution < -0.4 is 10.6 Å². The number of anilines is 1. The van der Waals surface area contributed by atoms with Crippen molar-refractivity contribution in [2.45, 2.75) is 39.2 Å². The molecule has 2 N–H and O–H groups in total. The van der Waals surface area contributed by atoms with Crippen molar-refractivity contribution in [1.29, 1.82) is 0 Å². The van der Waals surface area contributed by atoms with E-state index in [9.17, 15) is 0 Å². The van der Waals surface area contributed by atoms with Crippen molar-refractivity contribution in [3.8, 4) is 0 Å². The van der Waals surface area contributed by atoms with Gasteiger partial charge in [0.1, 0.15) is 0 Å². The van der Waals surface area contributed by atoms with Gasteiger partial charge < -0.3 is 10.6 Å². The number of hydrogen-bond acceptors (Lipinski definition) is 2. The van der Waals surface area contributed by atoms with E-state index in [1.165, 1.54) is 11.3 Å². The standard InChI is InChI=1S/C14H24N2/c1-11(10-15)16(5)13-9-7-6-8-12(13)14(2,3)4/h6-9,11H,10,15H2,1-5H3. The molecule has 0 fully saturated rings. The molecular weight excluding hydrogens is 196 g/mol. The minimum Gasteiger partial charge on any atom is -0.370 e. The fourth-order valence-corrected chi connectivity index (χ4v) is 1.81. The quantitative estimate of drug-likeness (QED) is 0.848. The first-order chi connectivity index (χ1) is 7.38. The van der Waals surface area contributed by atoms with Crippen molar-refractivity contribution in [3.63, 3.8) is 0 Å². The summed E-state index contributed by atoms with van der Waals surface area (Å²) >= 11 is 0. The Labute approximate surface area is 99.5 Å². The molecular formula is C14H24N2. The molecule has 1 unspecified atom stereocenters. The summed E-state index contributed by atoms with van der Waals surface area (Å²) in [7, 11) is 2.11. The molecule has 0 saturated carbocycles. The molecule has 1 aromatic carbocycles. The second-order valence-electron chi connectivity index (χ2n) is 5.46. The maximum Gasteiger partial charge on any atom is 0.0404 e. The SMILES string of the molecule is CC(CN)N(C)c1ccccc1C(C)(C)C. The van der Waals surface area contributed by atoms with Crippen LogP contribution in [0, 0.1) is 0 Å². The van der Waals surface area contributed by atoms with Crippen LogP contribution in [0.4, 0.5) is 5.69 Å². The van der Waals surface area contributed by atoms with Gasteiger partial charge in [-0.1, -0.05) is 39.0 Å². The lowest BCUT2D eigenvalue weighted by molar-refractivity contribution is 0.583. The number of nitrogens with two attached hydrogens (primary N) is 1. The van der Waals surface area contributed by atoms with E-state index in [-0.39, 0.29) is 5.41 Å².